The summed E-state index contributed by atoms with van der Waals surface area (Å²) in [5.74, 6) is 2.03. The van der Waals surface area contributed by atoms with Crippen molar-refractivity contribution in [3.63, 3.8) is 0 Å². The normalized spacial score (nSPS) is 18.3. The second-order valence-corrected chi connectivity index (χ2v) is 8.08. The highest BCUT2D eigenvalue weighted by atomic mass is 16.5. The van der Waals surface area contributed by atoms with Crippen molar-refractivity contribution in [2.24, 2.45) is 5.92 Å². The van der Waals surface area contributed by atoms with Gasteiger partial charge in [-0.25, -0.2) is 0 Å². The molecule has 3 aromatic rings. The predicted molar refractivity (Wildman–Crippen MR) is 117 cm³/mol. The van der Waals surface area contributed by atoms with Crippen molar-refractivity contribution < 1.29 is 13.9 Å². The summed E-state index contributed by atoms with van der Waals surface area (Å²) in [6, 6.07) is 19.5. The molecule has 5 nitrogen and oxygen atoms in total. The molecule has 156 valence electrons. The Labute approximate surface area is 177 Å². The maximum absolute atomic E-state index is 13.6. The van der Waals surface area contributed by atoms with Crippen molar-refractivity contribution in [2.75, 3.05) is 11.9 Å². The smallest absolute Gasteiger partial charge is 0.258 e. The molecule has 0 saturated carbocycles. The third-order valence-corrected chi connectivity index (χ3v) is 5.53. The van der Waals surface area contributed by atoms with Crippen LogP contribution in [0, 0.1) is 5.92 Å². The zero-order valence-electron chi connectivity index (χ0n) is 17.7. The maximum Gasteiger partial charge on any atom is 0.258 e. The molecule has 1 aromatic heterocycles. The summed E-state index contributed by atoms with van der Waals surface area (Å²) < 4.78 is 11.4. The summed E-state index contributed by atoms with van der Waals surface area (Å²) in [6.07, 6.45) is 2.33. The first kappa shape index (κ1) is 20.1. The molecular formula is C25H28N2O3. The van der Waals surface area contributed by atoms with Gasteiger partial charge >= 0.3 is 0 Å². The van der Waals surface area contributed by atoms with Crippen molar-refractivity contribution in [3.05, 3.63) is 83.8 Å². The number of anilines is 1. The van der Waals surface area contributed by atoms with Gasteiger partial charge in [0.05, 0.1) is 25.0 Å². The van der Waals surface area contributed by atoms with E-state index in [-0.39, 0.29) is 5.91 Å². The quantitative estimate of drug-likeness (QED) is 0.553. The van der Waals surface area contributed by atoms with E-state index < -0.39 is 5.66 Å². The highest BCUT2D eigenvalue weighted by Gasteiger charge is 2.45. The van der Waals surface area contributed by atoms with E-state index >= 15 is 0 Å². The lowest BCUT2D eigenvalue weighted by atomic mass is 9.89. The molecule has 4 rings (SSSR count). The second kappa shape index (κ2) is 8.27. The van der Waals surface area contributed by atoms with E-state index in [1.165, 1.54) is 0 Å². The number of ether oxygens (including phenoxy) is 1. The number of hydrogen-bond acceptors (Lipinski definition) is 4. The average molecular weight is 405 g/mol. The van der Waals surface area contributed by atoms with E-state index in [0.29, 0.717) is 31.1 Å². The molecule has 0 fully saturated rings. The van der Waals surface area contributed by atoms with E-state index in [9.17, 15) is 4.79 Å². The van der Waals surface area contributed by atoms with Crippen LogP contribution < -0.4 is 10.1 Å². The molecule has 2 heterocycles. The van der Waals surface area contributed by atoms with E-state index in [4.69, 9.17) is 9.15 Å². The van der Waals surface area contributed by atoms with Crippen LogP contribution >= 0.6 is 0 Å². The number of nitrogens with zero attached hydrogens (tertiary/aromatic N) is 1. The van der Waals surface area contributed by atoms with Gasteiger partial charge in [-0.05, 0) is 54.3 Å². The highest BCUT2D eigenvalue weighted by molar-refractivity contribution is 6.02. The zero-order chi connectivity index (χ0) is 21.1. The van der Waals surface area contributed by atoms with Gasteiger partial charge in [0.1, 0.15) is 17.2 Å². The van der Waals surface area contributed by atoms with Gasteiger partial charge in [0.2, 0.25) is 0 Å². The number of rotatable bonds is 7. The topological polar surface area (TPSA) is 54.7 Å². The zero-order valence-corrected chi connectivity index (χ0v) is 17.7. The molecule has 0 spiro atoms. The van der Waals surface area contributed by atoms with Gasteiger partial charge in [-0.3, -0.25) is 4.79 Å². The summed E-state index contributed by atoms with van der Waals surface area (Å²) >= 11 is 0. The molecule has 0 aliphatic carbocycles. The first-order valence-corrected chi connectivity index (χ1v) is 10.5. The van der Waals surface area contributed by atoms with Gasteiger partial charge in [0, 0.05) is 5.69 Å². The monoisotopic (exact) mass is 404 g/mol. The molecule has 1 unspecified atom stereocenters. The Morgan fingerprint density at radius 2 is 1.83 bits per heavy atom. The molecule has 2 aromatic carbocycles. The molecule has 0 radical (unpaired) electrons. The number of fused-ring (bicyclic) bond motifs is 1. The van der Waals surface area contributed by atoms with E-state index in [1.54, 1.807) is 6.26 Å². The van der Waals surface area contributed by atoms with E-state index in [1.807, 2.05) is 65.6 Å². The molecule has 1 N–H and O–H groups in total. The van der Waals surface area contributed by atoms with Gasteiger partial charge in [0.25, 0.3) is 5.91 Å². The fraction of sp³-hybridized carbons (Fsp3) is 0.320. The summed E-state index contributed by atoms with van der Waals surface area (Å²) in [4.78, 5) is 15.4. The Balaban J connectivity index is 1.74. The standard InChI is InChI=1S/C25H28N2O3/c1-4-25(19-11-13-20(14-12-19)30-17-18(2)3)26-23-10-6-5-9-22(23)24(28)27(25)16-21-8-7-15-29-21/h5-15,18,26H,4,16-17H2,1-3H3. The summed E-state index contributed by atoms with van der Waals surface area (Å²) in [6.45, 7) is 7.40. The predicted octanol–water partition coefficient (Wildman–Crippen LogP) is 5.65. The molecule has 5 heteroatoms. The van der Waals surface area contributed by atoms with Gasteiger partial charge < -0.3 is 19.4 Å². The van der Waals surface area contributed by atoms with Crippen molar-refractivity contribution in [1.82, 2.24) is 4.90 Å². The number of hydrogen-bond donors (Lipinski definition) is 1. The Morgan fingerprint density at radius 3 is 2.50 bits per heavy atom. The molecule has 1 atom stereocenters. The molecule has 1 amide bonds. The highest BCUT2D eigenvalue weighted by Crippen LogP contribution is 2.41. The van der Waals surface area contributed by atoms with Gasteiger partial charge in [0.15, 0.2) is 0 Å². The van der Waals surface area contributed by atoms with Crippen LogP contribution in [0.25, 0.3) is 0 Å². The van der Waals surface area contributed by atoms with Gasteiger partial charge in [-0.1, -0.05) is 45.0 Å². The minimum Gasteiger partial charge on any atom is -0.493 e. The van der Waals surface area contributed by atoms with E-state index in [2.05, 4.69) is 26.1 Å². The summed E-state index contributed by atoms with van der Waals surface area (Å²) in [5.41, 5.74) is 1.84. The number of carbonyl (C=O) groups excluding carboxylic acids is 1. The molecule has 1 aliphatic rings. The van der Waals surface area contributed by atoms with Crippen LogP contribution in [0.5, 0.6) is 5.75 Å². The largest absolute Gasteiger partial charge is 0.493 e. The van der Waals surface area contributed by atoms with Crippen LogP contribution in [-0.4, -0.2) is 17.4 Å². The Bertz CT molecular complexity index is 995. The van der Waals surface area contributed by atoms with E-state index in [0.717, 1.165) is 22.8 Å². The molecule has 30 heavy (non-hydrogen) atoms. The van der Waals surface area contributed by atoms with Crippen LogP contribution in [0.3, 0.4) is 0 Å². The number of nitrogens with one attached hydrogen (secondary N) is 1. The Morgan fingerprint density at radius 1 is 1.07 bits per heavy atom. The third kappa shape index (κ3) is 3.67. The third-order valence-electron chi connectivity index (χ3n) is 5.53. The average Bonchev–Trinajstić information content (AvgIpc) is 3.28. The number of carbonyl (C=O) groups is 1. The first-order chi connectivity index (χ1) is 14.5. The van der Waals surface area contributed by atoms with Crippen molar-refractivity contribution in [2.45, 2.75) is 39.4 Å². The van der Waals surface area contributed by atoms with Crippen molar-refractivity contribution >= 4 is 11.6 Å². The molecular weight excluding hydrogens is 376 g/mol. The summed E-state index contributed by atoms with van der Waals surface area (Å²) in [7, 11) is 0. The van der Waals surface area contributed by atoms with Crippen LogP contribution in [-0.2, 0) is 12.2 Å². The van der Waals surface area contributed by atoms with Crippen LogP contribution in [0.15, 0.2) is 71.3 Å². The maximum atomic E-state index is 13.6. The SMILES string of the molecule is CCC1(c2ccc(OCC(C)C)cc2)Nc2ccccc2C(=O)N1Cc1ccco1. The molecule has 0 bridgehead atoms. The number of para-hydroxylation sites is 1. The number of benzene rings is 2. The first-order valence-electron chi connectivity index (χ1n) is 10.5. The minimum absolute atomic E-state index is 0.0114. The second-order valence-electron chi connectivity index (χ2n) is 8.08. The Kier molecular flexibility index (Phi) is 5.53. The van der Waals surface area contributed by atoms with Crippen molar-refractivity contribution in [3.8, 4) is 5.75 Å². The lowest BCUT2D eigenvalue weighted by Gasteiger charge is -2.48. The minimum atomic E-state index is -0.686. The van der Waals surface area contributed by atoms with Crippen molar-refractivity contribution in [1.29, 1.82) is 0 Å². The number of furan rings is 1. The fourth-order valence-corrected chi connectivity index (χ4v) is 3.95. The Hall–Kier alpha value is -3.21. The van der Waals surface area contributed by atoms with Crippen LogP contribution in [0.4, 0.5) is 5.69 Å². The number of amides is 1. The lowest BCUT2D eigenvalue weighted by Crippen LogP contribution is -2.56. The van der Waals surface area contributed by atoms with Crippen LogP contribution in [0.1, 0.15) is 48.9 Å². The lowest BCUT2D eigenvalue weighted by molar-refractivity contribution is 0.0430. The molecule has 1 aliphatic heterocycles. The van der Waals surface area contributed by atoms with Gasteiger partial charge in [-0.15, -0.1) is 0 Å². The molecule has 0 saturated heterocycles. The van der Waals surface area contributed by atoms with Crippen LogP contribution in [0.2, 0.25) is 0 Å². The fourth-order valence-electron chi connectivity index (χ4n) is 3.95. The summed E-state index contributed by atoms with van der Waals surface area (Å²) in [5, 5.41) is 3.66. The van der Waals surface area contributed by atoms with Gasteiger partial charge in [-0.2, -0.15) is 0 Å².